The van der Waals surface area contributed by atoms with Gasteiger partial charge in [-0.1, -0.05) is 35.5 Å². The lowest BCUT2D eigenvalue weighted by Crippen LogP contribution is -2.46. The van der Waals surface area contributed by atoms with Crippen LogP contribution in [-0.4, -0.2) is 40.8 Å². The molecule has 1 aromatic heterocycles. The molecular formula is C15H20N4O2. The van der Waals surface area contributed by atoms with Crippen LogP contribution >= 0.6 is 0 Å². The SMILES string of the molecule is NCc1nc(CN2CCOCC2Cc2ccccc2)no1. The summed E-state index contributed by atoms with van der Waals surface area (Å²) in [5.41, 5.74) is 6.81. The zero-order valence-corrected chi connectivity index (χ0v) is 11.9. The summed E-state index contributed by atoms with van der Waals surface area (Å²) in [6.45, 7) is 3.31. The number of hydrogen-bond acceptors (Lipinski definition) is 6. The summed E-state index contributed by atoms with van der Waals surface area (Å²) in [6, 6.07) is 10.8. The average molecular weight is 288 g/mol. The van der Waals surface area contributed by atoms with Gasteiger partial charge in [-0.05, 0) is 12.0 Å². The number of aromatic nitrogens is 2. The number of hydrogen-bond donors (Lipinski definition) is 1. The van der Waals surface area contributed by atoms with Crippen molar-refractivity contribution in [3.63, 3.8) is 0 Å². The van der Waals surface area contributed by atoms with Gasteiger partial charge in [0.15, 0.2) is 5.82 Å². The molecule has 1 aliphatic heterocycles. The molecule has 6 heteroatoms. The van der Waals surface area contributed by atoms with Gasteiger partial charge in [-0.15, -0.1) is 0 Å². The van der Waals surface area contributed by atoms with E-state index >= 15 is 0 Å². The molecule has 0 amide bonds. The summed E-state index contributed by atoms with van der Waals surface area (Å²) in [4.78, 5) is 6.63. The van der Waals surface area contributed by atoms with Crippen molar-refractivity contribution in [3.05, 3.63) is 47.6 Å². The Kier molecular flexibility index (Phi) is 4.59. The van der Waals surface area contributed by atoms with E-state index in [1.165, 1.54) is 5.56 Å². The molecule has 0 bridgehead atoms. The van der Waals surface area contributed by atoms with Crippen LogP contribution in [-0.2, 0) is 24.2 Å². The number of nitrogens with two attached hydrogens (primary N) is 1. The fourth-order valence-corrected chi connectivity index (χ4v) is 2.59. The molecule has 3 rings (SSSR count). The summed E-state index contributed by atoms with van der Waals surface area (Å²) in [7, 11) is 0. The molecule has 2 heterocycles. The maximum absolute atomic E-state index is 5.62. The molecule has 1 unspecified atom stereocenters. The number of morpholine rings is 1. The molecule has 0 aliphatic carbocycles. The van der Waals surface area contributed by atoms with Crippen molar-refractivity contribution in [2.24, 2.45) is 5.73 Å². The largest absolute Gasteiger partial charge is 0.378 e. The molecule has 1 aromatic carbocycles. The molecule has 2 N–H and O–H groups in total. The second-order valence-corrected chi connectivity index (χ2v) is 5.20. The van der Waals surface area contributed by atoms with Crippen molar-refractivity contribution in [1.29, 1.82) is 0 Å². The molecule has 21 heavy (non-hydrogen) atoms. The molecular weight excluding hydrogens is 268 g/mol. The maximum Gasteiger partial charge on any atom is 0.240 e. The topological polar surface area (TPSA) is 77.4 Å². The fourth-order valence-electron chi connectivity index (χ4n) is 2.59. The first-order valence-electron chi connectivity index (χ1n) is 7.22. The molecule has 1 saturated heterocycles. The van der Waals surface area contributed by atoms with Crippen LogP contribution < -0.4 is 5.73 Å². The molecule has 112 valence electrons. The normalized spacial score (nSPS) is 19.8. The highest BCUT2D eigenvalue weighted by molar-refractivity contribution is 5.16. The van der Waals surface area contributed by atoms with Gasteiger partial charge in [0.05, 0.1) is 26.3 Å². The third-order valence-electron chi connectivity index (χ3n) is 3.69. The highest BCUT2D eigenvalue weighted by Crippen LogP contribution is 2.15. The minimum atomic E-state index is 0.281. The lowest BCUT2D eigenvalue weighted by atomic mass is 10.0. The molecule has 1 atom stereocenters. The van der Waals surface area contributed by atoms with Crippen LogP contribution in [0.25, 0.3) is 0 Å². The van der Waals surface area contributed by atoms with Crippen LogP contribution in [0.3, 0.4) is 0 Å². The first kappa shape index (κ1) is 14.2. The number of ether oxygens (including phenoxy) is 1. The summed E-state index contributed by atoms with van der Waals surface area (Å²) in [6.07, 6.45) is 0.961. The van der Waals surface area contributed by atoms with Gasteiger partial charge in [-0.25, -0.2) is 0 Å². The average Bonchev–Trinajstić information content (AvgIpc) is 2.98. The van der Waals surface area contributed by atoms with Gasteiger partial charge in [-0.3, -0.25) is 4.90 Å². The van der Waals surface area contributed by atoms with Gasteiger partial charge in [0.2, 0.25) is 5.89 Å². The highest BCUT2D eigenvalue weighted by atomic mass is 16.5. The van der Waals surface area contributed by atoms with Gasteiger partial charge < -0.3 is 15.0 Å². The second-order valence-electron chi connectivity index (χ2n) is 5.20. The van der Waals surface area contributed by atoms with E-state index in [9.17, 15) is 0 Å². The zero-order valence-electron chi connectivity index (χ0n) is 11.9. The van der Waals surface area contributed by atoms with E-state index in [2.05, 4.69) is 39.3 Å². The Bertz CT molecular complexity index is 558. The minimum Gasteiger partial charge on any atom is -0.378 e. The first-order chi connectivity index (χ1) is 10.3. The van der Waals surface area contributed by atoms with E-state index in [4.69, 9.17) is 15.0 Å². The predicted molar refractivity (Wildman–Crippen MR) is 77.4 cm³/mol. The Morgan fingerprint density at radius 1 is 1.29 bits per heavy atom. The van der Waals surface area contributed by atoms with E-state index < -0.39 is 0 Å². The van der Waals surface area contributed by atoms with Gasteiger partial charge in [0.25, 0.3) is 0 Å². The zero-order chi connectivity index (χ0) is 14.5. The van der Waals surface area contributed by atoms with Crippen molar-refractivity contribution in [2.75, 3.05) is 19.8 Å². The smallest absolute Gasteiger partial charge is 0.240 e. The summed E-state index contributed by atoms with van der Waals surface area (Å²) >= 11 is 0. The van der Waals surface area contributed by atoms with Gasteiger partial charge >= 0.3 is 0 Å². The van der Waals surface area contributed by atoms with E-state index in [-0.39, 0.29) is 6.54 Å². The minimum absolute atomic E-state index is 0.281. The lowest BCUT2D eigenvalue weighted by molar-refractivity contribution is -0.0126. The molecule has 6 nitrogen and oxygen atoms in total. The molecule has 0 radical (unpaired) electrons. The van der Waals surface area contributed by atoms with Crippen molar-refractivity contribution in [3.8, 4) is 0 Å². The monoisotopic (exact) mass is 288 g/mol. The van der Waals surface area contributed by atoms with Crippen LogP contribution in [0.5, 0.6) is 0 Å². The standard InChI is InChI=1S/C15H20N4O2/c16-9-15-17-14(18-21-15)10-19-6-7-20-11-13(19)8-12-4-2-1-3-5-12/h1-5,13H,6-11,16H2. The van der Waals surface area contributed by atoms with Crippen molar-refractivity contribution in [1.82, 2.24) is 15.0 Å². The molecule has 0 spiro atoms. The summed E-state index contributed by atoms with van der Waals surface area (Å²) < 4.78 is 10.7. The number of nitrogens with zero attached hydrogens (tertiary/aromatic N) is 3. The fraction of sp³-hybridized carbons (Fsp3) is 0.467. The van der Waals surface area contributed by atoms with Crippen LogP contribution in [0.4, 0.5) is 0 Å². The van der Waals surface area contributed by atoms with Crippen molar-refractivity contribution >= 4 is 0 Å². The second kappa shape index (κ2) is 6.80. The lowest BCUT2D eigenvalue weighted by Gasteiger charge is -2.34. The third kappa shape index (κ3) is 3.66. The van der Waals surface area contributed by atoms with E-state index in [0.717, 1.165) is 26.2 Å². The summed E-state index contributed by atoms with van der Waals surface area (Å²) in [5.74, 6) is 1.17. The quantitative estimate of drug-likeness (QED) is 0.883. The van der Waals surface area contributed by atoms with E-state index in [1.807, 2.05) is 6.07 Å². The van der Waals surface area contributed by atoms with E-state index in [0.29, 0.717) is 24.3 Å². The molecule has 2 aromatic rings. The van der Waals surface area contributed by atoms with E-state index in [1.54, 1.807) is 0 Å². The third-order valence-corrected chi connectivity index (χ3v) is 3.69. The Labute approximate surface area is 123 Å². The number of rotatable bonds is 5. The Hall–Kier alpha value is -1.76. The van der Waals surface area contributed by atoms with Gasteiger partial charge in [0.1, 0.15) is 0 Å². The molecule has 1 fully saturated rings. The van der Waals surface area contributed by atoms with Crippen LogP contribution in [0, 0.1) is 0 Å². The van der Waals surface area contributed by atoms with Crippen LogP contribution in [0.1, 0.15) is 17.3 Å². The Morgan fingerprint density at radius 3 is 2.90 bits per heavy atom. The summed E-state index contributed by atoms with van der Waals surface area (Å²) in [5, 5.41) is 3.97. The molecule has 0 saturated carbocycles. The Morgan fingerprint density at radius 2 is 2.14 bits per heavy atom. The Balaban J connectivity index is 1.66. The maximum atomic E-state index is 5.62. The number of benzene rings is 1. The van der Waals surface area contributed by atoms with Crippen LogP contribution in [0.2, 0.25) is 0 Å². The highest BCUT2D eigenvalue weighted by Gasteiger charge is 2.24. The van der Waals surface area contributed by atoms with Crippen molar-refractivity contribution in [2.45, 2.75) is 25.6 Å². The van der Waals surface area contributed by atoms with Gasteiger partial charge in [0, 0.05) is 12.6 Å². The molecule has 1 aliphatic rings. The first-order valence-corrected chi connectivity index (χ1v) is 7.22. The van der Waals surface area contributed by atoms with Crippen LogP contribution in [0.15, 0.2) is 34.9 Å². The van der Waals surface area contributed by atoms with Crippen molar-refractivity contribution < 1.29 is 9.26 Å². The van der Waals surface area contributed by atoms with Gasteiger partial charge in [-0.2, -0.15) is 4.98 Å². The predicted octanol–water partition coefficient (Wildman–Crippen LogP) is 0.972.